The third kappa shape index (κ3) is 2.43. The monoisotopic (exact) mass is 254 g/mol. The van der Waals surface area contributed by atoms with E-state index in [4.69, 9.17) is 5.11 Å². The maximum atomic E-state index is 13.5. The lowest BCUT2D eigenvalue weighted by Crippen LogP contribution is -2.37. The summed E-state index contributed by atoms with van der Waals surface area (Å²) in [4.78, 5) is 12.0. The Kier molecular flexibility index (Phi) is 3.76. The molecule has 98 valence electrons. The molecular weight excluding hydrogens is 239 g/mol. The van der Waals surface area contributed by atoms with Crippen molar-refractivity contribution in [1.82, 2.24) is 0 Å². The normalized spacial score (nSPS) is 19.9. The van der Waals surface area contributed by atoms with Gasteiger partial charge in [-0.05, 0) is 30.9 Å². The Hall–Kier alpha value is -1.69. The molecule has 5 nitrogen and oxygen atoms in total. The van der Waals surface area contributed by atoms with Crippen molar-refractivity contribution in [2.75, 3.05) is 24.6 Å². The van der Waals surface area contributed by atoms with Gasteiger partial charge in [-0.2, -0.15) is 4.39 Å². The van der Waals surface area contributed by atoms with Gasteiger partial charge in [-0.25, -0.2) is 0 Å². The molecule has 1 saturated heterocycles. The van der Waals surface area contributed by atoms with Crippen molar-refractivity contribution in [2.24, 2.45) is 5.92 Å². The minimum Gasteiger partial charge on any atom is -0.396 e. The Morgan fingerprint density at radius 1 is 1.56 bits per heavy atom. The van der Waals surface area contributed by atoms with Crippen LogP contribution in [0.15, 0.2) is 18.2 Å². The fourth-order valence-electron chi connectivity index (χ4n) is 2.37. The Labute approximate surface area is 104 Å². The van der Waals surface area contributed by atoms with Crippen LogP contribution < -0.4 is 4.90 Å². The summed E-state index contributed by atoms with van der Waals surface area (Å²) in [6, 6.07) is 4.12. The number of nitro groups is 1. The van der Waals surface area contributed by atoms with Crippen LogP contribution in [0.4, 0.5) is 15.8 Å². The zero-order valence-corrected chi connectivity index (χ0v) is 9.88. The lowest BCUT2D eigenvalue weighted by molar-refractivity contribution is -0.386. The van der Waals surface area contributed by atoms with Gasteiger partial charge in [-0.1, -0.05) is 6.07 Å². The molecule has 0 bridgehead atoms. The molecule has 2 rings (SSSR count). The van der Waals surface area contributed by atoms with E-state index in [0.717, 1.165) is 18.9 Å². The molecular formula is C12H15FN2O3. The minimum absolute atomic E-state index is 0.0552. The zero-order chi connectivity index (χ0) is 13.1. The lowest BCUT2D eigenvalue weighted by Gasteiger charge is -2.33. The molecule has 1 heterocycles. The van der Waals surface area contributed by atoms with E-state index in [1.54, 1.807) is 11.0 Å². The van der Waals surface area contributed by atoms with Crippen LogP contribution in [0.25, 0.3) is 0 Å². The van der Waals surface area contributed by atoms with E-state index >= 15 is 0 Å². The number of benzene rings is 1. The summed E-state index contributed by atoms with van der Waals surface area (Å²) in [7, 11) is 0. The van der Waals surface area contributed by atoms with E-state index in [9.17, 15) is 14.5 Å². The summed E-state index contributed by atoms with van der Waals surface area (Å²) in [5.41, 5.74) is -0.172. The molecule has 0 saturated carbocycles. The Balaban J connectivity index is 2.32. The van der Waals surface area contributed by atoms with Gasteiger partial charge in [0.1, 0.15) is 5.69 Å². The number of hydrogen-bond acceptors (Lipinski definition) is 4. The molecule has 0 unspecified atom stereocenters. The van der Waals surface area contributed by atoms with Gasteiger partial charge in [0, 0.05) is 19.7 Å². The first kappa shape index (κ1) is 12.8. The highest BCUT2D eigenvalue weighted by molar-refractivity contribution is 5.64. The van der Waals surface area contributed by atoms with Gasteiger partial charge in [0.05, 0.1) is 4.92 Å². The predicted octanol–water partition coefficient (Wildman–Crippen LogP) is 1.94. The number of para-hydroxylation sites is 1. The van der Waals surface area contributed by atoms with Crippen LogP contribution in [0.2, 0.25) is 0 Å². The molecule has 0 aliphatic carbocycles. The quantitative estimate of drug-likeness (QED) is 0.661. The second-order valence-electron chi connectivity index (χ2n) is 4.50. The predicted molar refractivity (Wildman–Crippen MR) is 65.1 cm³/mol. The van der Waals surface area contributed by atoms with Crippen molar-refractivity contribution < 1.29 is 14.4 Å². The van der Waals surface area contributed by atoms with Gasteiger partial charge < -0.3 is 10.0 Å². The molecule has 1 aromatic rings. The van der Waals surface area contributed by atoms with Gasteiger partial charge in [-0.15, -0.1) is 0 Å². The van der Waals surface area contributed by atoms with Gasteiger partial charge in [0.25, 0.3) is 0 Å². The molecule has 1 atom stereocenters. The summed E-state index contributed by atoms with van der Waals surface area (Å²) in [6.07, 6.45) is 1.75. The van der Waals surface area contributed by atoms with Gasteiger partial charge in [0.15, 0.2) is 0 Å². The molecule has 0 aromatic heterocycles. The summed E-state index contributed by atoms with van der Waals surface area (Å²) < 4.78 is 13.5. The van der Waals surface area contributed by atoms with Crippen LogP contribution in [-0.4, -0.2) is 29.7 Å². The Bertz CT molecular complexity index is 453. The molecule has 18 heavy (non-hydrogen) atoms. The van der Waals surface area contributed by atoms with Crippen LogP contribution in [0.1, 0.15) is 12.8 Å². The summed E-state index contributed by atoms with van der Waals surface area (Å²) in [6.45, 7) is 1.24. The number of aliphatic hydroxyl groups excluding tert-OH is 1. The summed E-state index contributed by atoms with van der Waals surface area (Å²) >= 11 is 0. The number of nitrogens with zero attached hydrogens (tertiary/aromatic N) is 2. The van der Waals surface area contributed by atoms with Gasteiger partial charge >= 0.3 is 5.69 Å². The Morgan fingerprint density at radius 2 is 2.33 bits per heavy atom. The third-order valence-corrected chi connectivity index (χ3v) is 3.27. The largest absolute Gasteiger partial charge is 0.396 e. The number of anilines is 1. The molecule has 1 aromatic carbocycles. The molecule has 1 aliphatic rings. The second kappa shape index (κ2) is 5.30. The average Bonchev–Trinajstić information content (AvgIpc) is 2.38. The summed E-state index contributed by atoms with van der Waals surface area (Å²) in [5.74, 6) is -0.717. The number of aliphatic hydroxyl groups is 1. The summed E-state index contributed by atoms with van der Waals surface area (Å²) in [5, 5.41) is 20.1. The first-order valence-corrected chi connectivity index (χ1v) is 5.92. The van der Waals surface area contributed by atoms with Crippen LogP contribution in [0.5, 0.6) is 0 Å². The fraction of sp³-hybridized carbons (Fsp3) is 0.500. The highest BCUT2D eigenvalue weighted by Crippen LogP contribution is 2.33. The van der Waals surface area contributed by atoms with Crippen LogP contribution in [-0.2, 0) is 0 Å². The van der Waals surface area contributed by atoms with Crippen molar-refractivity contribution in [3.05, 3.63) is 34.1 Å². The number of halogens is 1. The van der Waals surface area contributed by atoms with E-state index in [2.05, 4.69) is 0 Å². The molecule has 1 N–H and O–H groups in total. The maximum Gasteiger partial charge on any atom is 0.327 e. The first-order chi connectivity index (χ1) is 8.63. The number of nitro benzene ring substituents is 1. The van der Waals surface area contributed by atoms with Crippen molar-refractivity contribution >= 4 is 11.4 Å². The fourth-order valence-corrected chi connectivity index (χ4v) is 2.37. The van der Waals surface area contributed by atoms with Crippen molar-refractivity contribution in [3.63, 3.8) is 0 Å². The van der Waals surface area contributed by atoms with E-state index in [-0.39, 0.29) is 12.5 Å². The molecule has 0 amide bonds. The number of hydrogen-bond donors (Lipinski definition) is 1. The van der Waals surface area contributed by atoms with Crippen molar-refractivity contribution in [2.45, 2.75) is 12.8 Å². The van der Waals surface area contributed by atoms with Crippen molar-refractivity contribution in [1.29, 1.82) is 0 Å². The zero-order valence-electron chi connectivity index (χ0n) is 9.88. The van der Waals surface area contributed by atoms with Crippen LogP contribution in [0, 0.1) is 21.8 Å². The molecule has 1 fully saturated rings. The van der Waals surface area contributed by atoms with Crippen LogP contribution in [0.3, 0.4) is 0 Å². The average molecular weight is 254 g/mol. The highest BCUT2D eigenvalue weighted by Gasteiger charge is 2.27. The number of rotatable bonds is 3. The van der Waals surface area contributed by atoms with Gasteiger partial charge in [-0.3, -0.25) is 10.1 Å². The van der Waals surface area contributed by atoms with E-state index in [1.165, 1.54) is 6.07 Å². The van der Waals surface area contributed by atoms with Crippen LogP contribution >= 0.6 is 0 Å². The van der Waals surface area contributed by atoms with E-state index in [0.29, 0.717) is 18.8 Å². The molecule has 6 heteroatoms. The lowest BCUT2D eigenvalue weighted by atomic mass is 9.98. The standard InChI is InChI=1S/C12H15FN2O3/c13-10-4-1-5-11(12(10)15(17)18)14-6-2-3-9(7-14)8-16/h1,4-5,9,16H,2-3,6-8H2/t9-/m1/s1. The van der Waals surface area contributed by atoms with Gasteiger partial charge in [0.2, 0.25) is 5.82 Å². The molecule has 0 spiro atoms. The molecule has 0 radical (unpaired) electrons. The highest BCUT2D eigenvalue weighted by atomic mass is 19.1. The SMILES string of the molecule is O=[N+]([O-])c1c(F)cccc1N1CCC[C@@H](CO)C1. The smallest absolute Gasteiger partial charge is 0.327 e. The minimum atomic E-state index is -0.816. The Morgan fingerprint density at radius 3 is 3.00 bits per heavy atom. The first-order valence-electron chi connectivity index (χ1n) is 5.92. The second-order valence-corrected chi connectivity index (χ2v) is 4.50. The maximum absolute atomic E-state index is 13.5. The molecule has 1 aliphatic heterocycles. The topological polar surface area (TPSA) is 66.6 Å². The van der Waals surface area contributed by atoms with E-state index in [1.807, 2.05) is 0 Å². The van der Waals surface area contributed by atoms with Crippen molar-refractivity contribution in [3.8, 4) is 0 Å². The number of piperidine rings is 1. The third-order valence-electron chi connectivity index (χ3n) is 3.27. The van der Waals surface area contributed by atoms with E-state index < -0.39 is 16.4 Å².